The summed E-state index contributed by atoms with van der Waals surface area (Å²) in [7, 11) is 0. The third-order valence-corrected chi connectivity index (χ3v) is 3.76. The van der Waals surface area contributed by atoms with Crippen LogP contribution in [0.2, 0.25) is 0 Å². The van der Waals surface area contributed by atoms with Gasteiger partial charge in [-0.25, -0.2) is 4.79 Å². The number of aliphatic carboxylic acids is 1. The normalized spacial score (nSPS) is 13.5. The summed E-state index contributed by atoms with van der Waals surface area (Å²) in [6.07, 6.45) is 0.349. The topological polar surface area (TPSA) is 235 Å². The van der Waals surface area contributed by atoms with Gasteiger partial charge in [-0.05, 0) is 12.8 Å². The number of carboxylic acids is 1. The highest BCUT2D eigenvalue weighted by molar-refractivity contribution is 7.80. The van der Waals surface area contributed by atoms with Crippen LogP contribution in [-0.2, 0) is 19.2 Å². The lowest BCUT2D eigenvalue weighted by atomic mass is 10.1. The molecule has 28 heavy (non-hydrogen) atoms. The molecular weight excluding hydrogens is 394 g/mol. The lowest BCUT2D eigenvalue weighted by Gasteiger charge is -2.22. The van der Waals surface area contributed by atoms with Gasteiger partial charge in [0.05, 0.1) is 13.2 Å². The highest BCUT2D eigenvalue weighted by Gasteiger charge is 2.28. The van der Waals surface area contributed by atoms with E-state index in [-0.39, 0.29) is 31.2 Å². The van der Waals surface area contributed by atoms with Crippen molar-refractivity contribution in [3.63, 3.8) is 0 Å². The Bertz CT molecular complexity index is 585. The van der Waals surface area contributed by atoms with E-state index in [0.29, 0.717) is 6.42 Å². The Labute approximate surface area is 166 Å². The zero-order valence-corrected chi connectivity index (χ0v) is 16.0. The van der Waals surface area contributed by atoms with Crippen molar-refractivity contribution in [2.75, 3.05) is 25.4 Å². The van der Waals surface area contributed by atoms with E-state index < -0.39 is 48.4 Å². The molecule has 0 fully saturated rings. The quantitative estimate of drug-likeness (QED) is 0.0601. The number of carboxylic acid groups (broad SMARTS) is 1. The average molecular weight is 421 g/mol. The predicted octanol–water partition coefficient (Wildman–Crippen LogP) is -4.54. The van der Waals surface area contributed by atoms with Crippen LogP contribution in [0, 0.1) is 0 Å². The molecular formula is C14H27N7O6S. The fourth-order valence-corrected chi connectivity index (χ4v) is 2.20. The Kier molecular flexibility index (Phi) is 12.3. The number of nitrogens with zero attached hydrogens (tertiary/aromatic N) is 1. The molecule has 0 aliphatic carbocycles. The molecule has 160 valence electrons. The number of guanidine groups is 1. The number of aliphatic hydroxyl groups excluding tert-OH is 1. The van der Waals surface area contributed by atoms with Crippen LogP contribution in [0.25, 0.3) is 0 Å². The summed E-state index contributed by atoms with van der Waals surface area (Å²) in [5.74, 6) is -3.87. The van der Waals surface area contributed by atoms with E-state index in [4.69, 9.17) is 17.2 Å². The molecule has 13 nitrogen and oxygen atoms in total. The first-order valence-electron chi connectivity index (χ1n) is 8.26. The van der Waals surface area contributed by atoms with Gasteiger partial charge < -0.3 is 43.4 Å². The van der Waals surface area contributed by atoms with E-state index in [1.165, 1.54) is 0 Å². The zero-order valence-electron chi connectivity index (χ0n) is 15.1. The van der Waals surface area contributed by atoms with Crippen molar-refractivity contribution in [2.24, 2.45) is 22.2 Å². The second-order valence-electron chi connectivity index (χ2n) is 5.60. The molecule has 0 aliphatic rings. The van der Waals surface area contributed by atoms with Crippen LogP contribution in [0.5, 0.6) is 0 Å². The number of carbonyl (C=O) groups is 4. The Morgan fingerprint density at radius 2 is 1.57 bits per heavy atom. The number of carbonyl (C=O) groups excluding carboxylic acids is 3. The number of thiol groups is 1. The number of rotatable bonds is 13. The first-order chi connectivity index (χ1) is 13.2. The van der Waals surface area contributed by atoms with E-state index in [0.717, 1.165) is 0 Å². The molecule has 0 aliphatic heterocycles. The monoisotopic (exact) mass is 421 g/mol. The Morgan fingerprint density at radius 1 is 1.00 bits per heavy atom. The van der Waals surface area contributed by atoms with Gasteiger partial charge in [-0.15, -0.1) is 0 Å². The predicted molar refractivity (Wildman–Crippen MR) is 103 cm³/mol. The fourth-order valence-electron chi connectivity index (χ4n) is 1.95. The lowest BCUT2D eigenvalue weighted by molar-refractivity contribution is -0.142. The lowest BCUT2D eigenvalue weighted by Crippen LogP contribution is -2.57. The Balaban J connectivity index is 4.84. The summed E-state index contributed by atoms with van der Waals surface area (Å²) in [6.45, 7) is -0.921. The number of nitrogens with one attached hydrogen (secondary N) is 3. The standard InChI is InChI=1S/C14H27N7O6S/c15-4-10(23)19-8(5-22)11(24)21-9(6-28)12(25)20-7(13(26)27)2-1-3-18-14(16)17/h7-9,22,28H,1-6,15H2,(H,19,23)(H,20,25)(H,21,24)(H,26,27)(H4,16,17,18). The number of aliphatic hydroxyl groups is 1. The molecule has 14 heteroatoms. The van der Waals surface area contributed by atoms with Gasteiger partial charge in [0, 0.05) is 12.3 Å². The Morgan fingerprint density at radius 3 is 2.04 bits per heavy atom. The molecule has 0 radical (unpaired) electrons. The van der Waals surface area contributed by atoms with Gasteiger partial charge in [-0.1, -0.05) is 0 Å². The maximum atomic E-state index is 12.3. The molecule has 3 unspecified atom stereocenters. The first-order valence-corrected chi connectivity index (χ1v) is 8.89. The number of aliphatic imine (C=N–C) groups is 1. The second-order valence-corrected chi connectivity index (χ2v) is 5.96. The first kappa shape index (κ1) is 25.4. The van der Waals surface area contributed by atoms with Gasteiger partial charge >= 0.3 is 5.97 Å². The summed E-state index contributed by atoms with van der Waals surface area (Å²) in [5, 5.41) is 25.2. The van der Waals surface area contributed by atoms with Crippen molar-refractivity contribution in [3.05, 3.63) is 0 Å². The van der Waals surface area contributed by atoms with Crippen molar-refractivity contribution in [2.45, 2.75) is 31.0 Å². The minimum atomic E-state index is -1.32. The van der Waals surface area contributed by atoms with E-state index in [9.17, 15) is 29.4 Å². The number of amides is 3. The summed E-state index contributed by atoms with van der Waals surface area (Å²) in [6, 6.07) is -3.74. The molecule has 0 saturated carbocycles. The van der Waals surface area contributed by atoms with Gasteiger partial charge in [0.1, 0.15) is 18.1 Å². The highest BCUT2D eigenvalue weighted by atomic mass is 32.1. The molecule has 3 atom stereocenters. The molecule has 0 heterocycles. The molecule has 0 spiro atoms. The van der Waals surface area contributed by atoms with Crippen LogP contribution < -0.4 is 33.2 Å². The van der Waals surface area contributed by atoms with Crippen molar-refractivity contribution in [3.8, 4) is 0 Å². The summed E-state index contributed by atoms with van der Waals surface area (Å²) in [5.41, 5.74) is 15.5. The smallest absolute Gasteiger partial charge is 0.326 e. The zero-order chi connectivity index (χ0) is 21.7. The van der Waals surface area contributed by atoms with Crippen molar-refractivity contribution in [1.29, 1.82) is 0 Å². The molecule has 0 bridgehead atoms. The number of hydrogen-bond donors (Lipinski definition) is 9. The molecule has 0 aromatic carbocycles. The van der Waals surface area contributed by atoms with E-state index in [2.05, 4.69) is 33.6 Å². The summed E-state index contributed by atoms with van der Waals surface area (Å²) in [4.78, 5) is 50.7. The fraction of sp³-hybridized carbons (Fsp3) is 0.643. The maximum Gasteiger partial charge on any atom is 0.326 e. The van der Waals surface area contributed by atoms with Crippen molar-refractivity contribution in [1.82, 2.24) is 16.0 Å². The van der Waals surface area contributed by atoms with Crippen molar-refractivity contribution < 1.29 is 29.4 Å². The van der Waals surface area contributed by atoms with Gasteiger partial charge in [0.15, 0.2) is 5.96 Å². The van der Waals surface area contributed by atoms with Crippen LogP contribution in [-0.4, -0.2) is 83.4 Å². The minimum Gasteiger partial charge on any atom is -0.480 e. The van der Waals surface area contributed by atoms with E-state index in [1.54, 1.807) is 0 Å². The van der Waals surface area contributed by atoms with Crippen LogP contribution in [0.15, 0.2) is 4.99 Å². The number of hydrogen-bond acceptors (Lipinski definition) is 8. The summed E-state index contributed by atoms with van der Waals surface area (Å²) >= 11 is 3.96. The van der Waals surface area contributed by atoms with Crippen LogP contribution in [0.3, 0.4) is 0 Å². The van der Waals surface area contributed by atoms with Gasteiger partial charge in [-0.3, -0.25) is 19.4 Å². The molecule has 3 amide bonds. The van der Waals surface area contributed by atoms with Gasteiger partial charge in [0.2, 0.25) is 17.7 Å². The van der Waals surface area contributed by atoms with Crippen LogP contribution in [0.1, 0.15) is 12.8 Å². The minimum absolute atomic E-state index is 0.0525. The maximum absolute atomic E-state index is 12.3. The second kappa shape index (κ2) is 13.6. The molecule has 0 aromatic heterocycles. The summed E-state index contributed by atoms with van der Waals surface area (Å²) < 4.78 is 0. The Hall–Kier alpha value is -2.58. The third kappa shape index (κ3) is 9.94. The van der Waals surface area contributed by atoms with Gasteiger partial charge in [0.25, 0.3) is 0 Å². The molecule has 0 aromatic rings. The average Bonchev–Trinajstić information content (AvgIpc) is 2.65. The SMILES string of the molecule is NCC(=O)NC(CO)C(=O)NC(CS)C(=O)NC(CCCN=C(N)N)C(=O)O. The largest absolute Gasteiger partial charge is 0.480 e. The van der Waals surface area contributed by atoms with Crippen LogP contribution >= 0.6 is 12.6 Å². The molecule has 11 N–H and O–H groups in total. The third-order valence-electron chi connectivity index (χ3n) is 3.40. The molecule has 0 saturated heterocycles. The van der Waals surface area contributed by atoms with E-state index >= 15 is 0 Å². The van der Waals surface area contributed by atoms with Gasteiger partial charge in [-0.2, -0.15) is 12.6 Å². The van der Waals surface area contributed by atoms with Crippen molar-refractivity contribution >= 4 is 42.3 Å². The molecule has 0 rings (SSSR count). The number of nitrogens with two attached hydrogens (primary N) is 3. The highest BCUT2D eigenvalue weighted by Crippen LogP contribution is 2.01. The van der Waals surface area contributed by atoms with E-state index in [1.807, 2.05) is 0 Å². The van der Waals surface area contributed by atoms with Crippen LogP contribution in [0.4, 0.5) is 0 Å².